The molecule has 0 amide bonds. The molecule has 8 atom stereocenters. The van der Waals surface area contributed by atoms with Crippen molar-refractivity contribution in [3.63, 3.8) is 0 Å². The van der Waals surface area contributed by atoms with Crippen molar-refractivity contribution in [2.24, 2.45) is 11.8 Å². The van der Waals surface area contributed by atoms with Gasteiger partial charge >= 0.3 is 27.6 Å². The van der Waals surface area contributed by atoms with Crippen molar-refractivity contribution in [1.29, 1.82) is 0 Å². The molecule has 0 heterocycles. The van der Waals surface area contributed by atoms with Crippen LogP contribution in [0.25, 0.3) is 0 Å². The molecule has 1 aliphatic rings. The van der Waals surface area contributed by atoms with Gasteiger partial charge in [-0.1, -0.05) is 138 Å². The number of rotatable bonds is 40. The number of aliphatic hydroxyl groups excluding tert-OH is 4. The maximum absolute atomic E-state index is 12.7. The van der Waals surface area contributed by atoms with E-state index in [-0.39, 0.29) is 31.1 Å². The lowest BCUT2D eigenvalue weighted by atomic mass is 9.88. The maximum Gasteiger partial charge on any atom is 0.472 e. The van der Waals surface area contributed by atoms with Crippen LogP contribution in [0.3, 0.4) is 0 Å². The minimum absolute atomic E-state index is 0.0382. The normalized spacial score (nSPS) is 20.7. The molecule has 0 radical (unpaired) electrons. The van der Waals surface area contributed by atoms with Gasteiger partial charge in [0.2, 0.25) is 0 Å². The lowest BCUT2D eigenvalue weighted by Gasteiger charge is -2.21. The van der Waals surface area contributed by atoms with Crippen LogP contribution in [0.5, 0.6) is 0 Å². The van der Waals surface area contributed by atoms with Gasteiger partial charge in [0.15, 0.2) is 6.10 Å². The zero-order valence-electron chi connectivity index (χ0n) is 39.3. The highest BCUT2D eigenvalue weighted by atomic mass is 31.2. The molecule has 1 aliphatic carbocycles. The fraction of sp³-hybridized carbons (Fsp3) is 0.708. The van der Waals surface area contributed by atoms with Crippen LogP contribution in [-0.2, 0) is 41.8 Å². The van der Waals surface area contributed by atoms with Crippen LogP contribution in [0.4, 0.5) is 0 Å². The van der Waals surface area contributed by atoms with Gasteiger partial charge in [0.05, 0.1) is 38.1 Å². The van der Waals surface area contributed by atoms with Crippen molar-refractivity contribution in [2.75, 3.05) is 26.4 Å². The average Bonchev–Trinajstić information content (AvgIpc) is 3.54. The number of carbonyl (C=O) groups is 2. The first-order valence-corrected chi connectivity index (χ1v) is 26.9. The van der Waals surface area contributed by atoms with E-state index in [1.165, 1.54) is 19.3 Å². The first-order valence-electron chi connectivity index (χ1n) is 23.9. The summed E-state index contributed by atoms with van der Waals surface area (Å²) in [4.78, 5) is 53.0. The second kappa shape index (κ2) is 38.3. The number of aliphatic hydroxyl groups is 4. The Kier molecular flexibility index (Phi) is 35.7. The molecule has 16 nitrogen and oxygen atoms in total. The summed E-state index contributed by atoms with van der Waals surface area (Å²) in [6, 6.07) is 0. The predicted molar refractivity (Wildman–Crippen MR) is 255 cm³/mol. The molecular formula is C48H82O16P2. The number of ether oxygens (including phenoxy) is 2. The van der Waals surface area contributed by atoms with Crippen molar-refractivity contribution >= 4 is 27.6 Å². The Morgan fingerprint density at radius 3 is 1.80 bits per heavy atom. The van der Waals surface area contributed by atoms with Gasteiger partial charge in [-0.25, -0.2) is 9.13 Å². The molecule has 0 aliphatic heterocycles. The van der Waals surface area contributed by atoms with E-state index in [0.717, 1.165) is 57.8 Å². The molecule has 0 spiro atoms. The standard InChI is InChI=1S/C48H82O16P2/c1-3-5-7-8-9-10-11-12-13-14-15-16-17-18-19-20-21-22-28-32-48(54)64-42(39-63-66(58,59)62-37-41(50)36-61-65(55,56)57)38-60-47(53)31-27-24-23-26-30-43-44(46(52)35-45(43)51)34-33-40(49)29-25-6-4-2/h9-10,12-13,15-16,18-19,21-22,33-34,40-46,49-52H,3-8,11,14,17,20,23-32,35-39H2,1-2H3,(H,58,59)(H2,55,56,57)/b10-9-,13-12-,16-15-,19-18-,22-21-,34-33+/t40-,41-,42+,43+,44+,45-,46+/m0/s1. The summed E-state index contributed by atoms with van der Waals surface area (Å²) in [5.41, 5.74) is 0. The molecule has 0 aromatic carbocycles. The molecule has 0 aromatic heterocycles. The topological polar surface area (TPSA) is 256 Å². The third kappa shape index (κ3) is 34.7. The lowest BCUT2D eigenvalue weighted by molar-refractivity contribution is -0.161. The van der Waals surface area contributed by atoms with E-state index in [1.54, 1.807) is 6.08 Å². The number of hydrogen-bond acceptors (Lipinski definition) is 13. The molecule has 7 N–H and O–H groups in total. The molecule has 1 fully saturated rings. The third-order valence-electron chi connectivity index (χ3n) is 10.7. The summed E-state index contributed by atoms with van der Waals surface area (Å²) in [5, 5.41) is 41.2. The van der Waals surface area contributed by atoms with Gasteiger partial charge in [-0.3, -0.25) is 23.2 Å². The minimum Gasteiger partial charge on any atom is -0.462 e. The van der Waals surface area contributed by atoms with Gasteiger partial charge in [0.1, 0.15) is 12.7 Å². The Balaban J connectivity index is 2.56. The van der Waals surface area contributed by atoms with Crippen LogP contribution in [0, 0.1) is 11.8 Å². The van der Waals surface area contributed by atoms with Crippen LogP contribution in [0.2, 0.25) is 0 Å². The monoisotopic (exact) mass is 977 g/mol. The maximum atomic E-state index is 12.7. The van der Waals surface area contributed by atoms with Gasteiger partial charge in [-0.15, -0.1) is 0 Å². The Labute approximate surface area is 393 Å². The van der Waals surface area contributed by atoms with Crippen LogP contribution >= 0.6 is 15.6 Å². The summed E-state index contributed by atoms with van der Waals surface area (Å²) in [5.74, 6) is -1.65. The van der Waals surface area contributed by atoms with Crippen molar-refractivity contribution < 1.29 is 76.9 Å². The Hall–Kier alpha value is -2.56. The molecule has 1 rings (SSSR count). The summed E-state index contributed by atoms with van der Waals surface area (Å²) in [6.07, 6.45) is 35.4. The lowest BCUT2D eigenvalue weighted by Crippen LogP contribution is -2.29. The molecule has 0 aromatic rings. The Morgan fingerprint density at radius 2 is 1.18 bits per heavy atom. The highest BCUT2D eigenvalue weighted by Gasteiger charge is 2.39. The number of carbonyl (C=O) groups excluding carboxylic acids is 2. The second-order valence-corrected chi connectivity index (χ2v) is 19.3. The number of phosphoric ester groups is 2. The number of esters is 2. The van der Waals surface area contributed by atoms with E-state index >= 15 is 0 Å². The Bertz CT molecular complexity index is 1560. The van der Waals surface area contributed by atoms with Gasteiger partial charge in [-0.2, -0.15) is 0 Å². The summed E-state index contributed by atoms with van der Waals surface area (Å²) < 4.78 is 47.8. The summed E-state index contributed by atoms with van der Waals surface area (Å²) in [6.45, 7) is 1.31. The molecule has 380 valence electrons. The van der Waals surface area contributed by atoms with E-state index in [0.29, 0.717) is 38.5 Å². The zero-order valence-corrected chi connectivity index (χ0v) is 41.1. The molecule has 18 heteroatoms. The van der Waals surface area contributed by atoms with E-state index in [1.807, 2.05) is 24.3 Å². The van der Waals surface area contributed by atoms with Crippen molar-refractivity contribution in [2.45, 2.75) is 179 Å². The zero-order chi connectivity index (χ0) is 48.9. The fourth-order valence-corrected chi connectivity index (χ4v) is 8.17. The number of allylic oxidation sites excluding steroid dienone is 10. The SMILES string of the molecule is CCCCC/C=C\C/C=C\C/C=C\C/C=C\C/C=C\CCC(=O)O[C@H](COC(=O)CCCCCC[C@@H]1[C@@H](/C=C/[C@@H](O)CCCCC)[C@H](O)C[C@@H]1O)COP(=O)(O)OC[C@@H](O)COP(=O)(O)O. The predicted octanol–water partition coefficient (Wildman–Crippen LogP) is 8.94. The van der Waals surface area contributed by atoms with Crippen molar-refractivity contribution in [1.82, 2.24) is 0 Å². The minimum atomic E-state index is -4.90. The third-order valence-corrected chi connectivity index (χ3v) is 12.1. The van der Waals surface area contributed by atoms with Gasteiger partial charge in [0, 0.05) is 25.2 Å². The number of unbranched alkanes of at least 4 members (excludes halogenated alkanes) is 8. The fourth-order valence-electron chi connectivity index (χ4n) is 7.01. The van der Waals surface area contributed by atoms with Crippen LogP contribution in [0.15, 0.2) is 72.9 Å². The molecule has 1 saturated carbocycles. The van der Waals surface area contributed by atoms with E-state index in [2.05, 4.69) is 65.4 Å². The largest absolute Gasteiger partial charge is 0.472 e. The Morgan fingerprint density at radius 1 is 0.621 bits per heavy atom. The van der Waals surface area contributed by atoms with Gasteiger partial charge in [-0.05, 0) is 70.1 Å². The van der Waals surface area contributed by atoms with E-state index in [4.69, 9.17) is 23.8 Å². The second-order valence-electron chi connectivity index (χ2n) is 16.6. The van der Waals surface area contributed by atoms with Gasteiger partial charge < -0.3 is 44.6 Å². The smallest absolute Gasteiger partial charge is 0.462 e. The van der Waals surface area contributed by atoms with E-state index < -0.39 is 84.5 Å². The van der Waals surface area contributed by atoms with Crippen molar-refractivity contribution in [3.8, 4) is 0 Å². The highest BCUT2D eigenvalue weighted by Crippen LogP contribution is 2.44. The molecule has 0 bridgehead atoms. The molecule has 66 heavy (non-hydrogen) atoms. The van der Waals surface area contributed by atoms with Crippen LogP contribution < -0.4 is 0 Å². The summed E-state index contributed by atoms with van der Waals surface area (Å²) >= 11 is 0. The van der Waals surface area contributed by atoms with Crippen LogP contribution in [-0.4, -0.2) is 104 Å². The molecule has 0 saturated heterocycles. The van der Waals surface area contributed by atoms with Gasteiger partial charge in [0.25, 0.3) is 0 Å². The number of phosphoric acid groups is 2. The van der Waals surface area contributed by atoms with Crippen LogP contribution in [0.1, 0.15) is 149 Å². The first-order chi connectivity index (χ1) is 31.6. The molecular weight excluding hydrogens is 894 g/mol. The van der Waals surface area contributed by atoms with Crippen molar-refractivity contribution in [3.05, 3.63) is 72.9 Å². The van der Waals surface area contributed by atoms with E-state index in [9.17, 15) is 44.0 Å². The molecule has 1 unspecified atom stereocenters. The average molecular weight is 977 g/mol. The highest BCUT2D eigenvalue weighted by molar-refractivity contribution is 7.47. The quantitative estimate of drug-likeness (QED) is 0.0131. The summed E-state index contributed by atoms with van der Waals surface area (Å²) in [7, 11) is -9.79. The first kappa shape index (κ1) is 61.5. The number of hydrogen-bond donors (Lipinski definition) is 7.